The number of H-pyrrole nitrogens is 1. The highest BCUT2D eigenvalue weighted by atomic mass is 32.2. The molecule has 1 aromatic carbocycles. The van der Waals surface area contributed by atoms with Gasteiger partial charge in [-0.25, -0.2) is 8.42 Å². The van der Waals surface area contributed by atoms with Crippen molar-refractivity contribution < 1.29 is 8.42 Å². The molecule has 7 heteroatoms. The van der Waals surface area contributed by atoms with Gasteiger partial charge in [0.05, 0.1) is 30.4 Å². The van der Waals surface area contributed by atoms with Crippen molar-refractivity contribution in [3.63, 3.8) is 0 Å². The number of anilines is 1. The van der Waals surface area contributed by atoms with Crippen LogP contribution in [0.25, 0.3) is 11.3 Å². The number of aromatic amines is 1. The van der Waals surface area contributed by atoms with Gasteiger partial charge < -0.3 is 4.98 Å². The summed E-state index contributed by atoms with van der Waals surface area (Å²) in [5.41, 5.74) is 2.80. The normalized spacial score (nSPS) is 10.6. The van der Waals surface area contributed by atoms with Crippen LogP contribution < -0.4 is 4.72 Å². The zero-order valence-electron chi connectivity index (χ0n) is 11.2. The summed E-state index contributed by atoms with van der Waals surface area (Å²) in [6.45, 7) is 0. The molecule has 0 aliphatic heterocycles. The quantitative estimate of drug-likeness (QED) is 0.899. The zero-order valence-corrected chi connectivity index (χ0v) is 12.0. The first kappa shape index (κ1) is 14.6. The summed E-state index contributed by atoms with van der Waals surface area (Å²) in [5.74, 6) is 0. The first-order valence-electron chi connectivity index (χ1n) is 6.00. The molecule has 0 amide bonds. The predicted molar refractivity (Wildman–Crippen MR) is 78.7 cm³/mol. The number of rotatable bonds is 4. The van der Waals surface area contributed by atoms with Crippen molar-refractivity contribution in [1.82, 2.24) is 4.98 Å². The van der Waals surface area contributed by atoms with Crippen LogP contribution in [0.4, 0.5) is 5.69 Å². The van der Waals surface area contributed by atoms with E-state index < -0.39 is 10.0 Å². The van der Waals surface area contributed by atoms with Crippen LogP contribution >= 0.6 is 0 Å². The van der Waals surface area contributed by atoms with Crippen LogP contribution in [-0.2, 0) is 16.4 Å². The highest BCUT2D eigenvalue weighted by molar-refractivity contribution is 7.92. The summed E-state index contributed by atoms with van der Waals surface area (Å²) < 4.78 is 24.7. The lowest BCUT2D eigenvalue weighted by Gasteiger charge is -2.07. The van der Waals surface area contributed by atoms with Crippen molar-refractivity contribution in [2.75, 3.05) is 11.0 Å². The monoisotopic (exact) mass is 300 g/mol. The molecule has 1 heterocycles. The van der Waals surface area contributed by atoms with Gasteiger partial charge in [-0.2, -0.15) is 10.5 Å². The molecule has 6 nitrogen and oxygen atoms in total. The molecule has 0 bridgehead atoms. The summed E-state index contributed by atoms with van der Waals surface area (Å²) in [7, 11) is -3.39. The number of nitrogens with one attached hydrogen (secondary N) is 2. The van der Waals surface area contributed by atoms with E-state index in [1.165, 1.54) is 6.07 Å². The van der Waals surface area contributed by atoms with Crippen LogP contribution in [0.5, 0.6) is 0 Å². The summed E-state index contributed by atoms with van der Waals surface area (Å²) in [6, 6.07) is 12.4. The Hall–Kier alpha value is -2.77. The van der Waals surface area contributed by atoms with E-state index >= 15 is 0 Å². The fourth-order valence-corrected chi connectivity index (χ4v) is 2.49. The van der Waals surface area contributed by atoms with E-state index in [9.17, 15) is 13.7 Å². The first-order valence-corrected chi connectivity index (χ1v) is 7.89. The maximum atomic E-state index is 11.2. The maximum absolute atomic E-state index is 11.2. The molecule has 2 aromatic rings. The Morgan fingerprint density at radius 3 is 2.62 bits per heavy atom. The van der Waals surface area contributed by atoms with E-state index in [1.54, 1.807) is 24.3 Å². The average Bonchev–Trinajstić information content (AvgIpc) is 2.85. The largest absolute Gasteiger partial charge is 0.358 e. The Morgan fingerprint density at radius 1 is 1.24 bits per heavy atom. The van der Waals surface area contributed by atoms with Gasteiger partial charge in [-0.3, -0.25) is 4.72 Å². The first-order chi connectivity index (χ1) is 9.93. The Morgan fingerprint density at radius 2 is 2.00 bits per heavy atom. The summed E-state index contributed by atoms with van der Waals surface area (Å²) in [5, 5.41) is 17.9. The second-order valence-electron chi connectivity index (χ2n) is 4.48. The van der Waals surface area contributed by atoms with E-state index in [0.29, 0.717) is 22.5 Å². The fourth-order valence-electron chi connectivity index (χ4n) is 1.93. The van der Waals surface area contributed by atoms with Gasteiger partial charge in [-0.05, 0) is 30.3 Å². The molecule has 0 radical (unpaired) electrons. The Labute approximate surface area is 122 Å². The number of nitrogens with zero attached hydrogens (tertiary/aromatic N) is 2. The van der Waals surface area contributed by atoms with Crippen LogP contribution in [0.15, 0.2) is 30.3 Å². The molecule has 0 fully saturated rings. The summed E-state index contributed by atoms with van der Waals surface area (Å²) in [6.07, 6.45) is 1.31. The standard InChI is InChI=1S/C14H12N4O2S/c1-21(19,20)18-12-2-4-13(10(8-12)9-16)14-5-3-11(17-14)6-7-15/h2-5,8,17-18H,6H2,1H3. The van der Waals surface area contributed by atoms with Crippen molar-refractivity contribution >= 4 is 15.7 Å². The molecule has 0 aliphatic rings. The molecule has 1 aromatic heterocycles. The Balaban J connectivity index is 2.41. The van der Waals surface area contributed by atoms with Gasteiger partial charge in [0.1, 0.15) is 0 Å². The lowest BCUT2D eigenvalue weighted by Crippen LogP contribution is -2.09. The fraction of sp³-hybridized carbons (Fsp3) is 0.143. The third-order valence-corrected chi connectivity index (χ3v) is 3.36. The number of aromatic nitrogens is 1. The molecule has 106 valence electrons. The molecular weight excluding hydrogens is 288 g/mol. The van der Waals surface area contributed by atoms with Crippen molar-refractivity contribution in [1.29, 1.82) is 10.5 Å². The Kier molecular flexibility index (Phi) is 3.97. The van der Waals surface area contributed by atoms with Crippen molar-refractivity contribution in [3.8, 4) is 23.4 Å². The predicted octanol–water partition coefficient (Wildman–Crippen LogP) is 1.99. The van der Waals surface area contributed by atoms with Gasteiger partial charge in [-0.1, -0.05) is 0 Å². The van der Waals surface area contributed by atoms with Crippen LogP contribution in [0, 0.1) is 22.7 Å². The van der Waals surface area contributed by atoms with Gasteiger partial charge in [0.15, 0.2) is 0 Å². The van der Waals surface area contributed by atoms with Gasteiger partial charge in [0, 0.05) is 22.6 Å². The molecular formula is C14H12N4O2S. The minimum absolute atomic E-state index is 0.260. The second kappa shape index (κ2) is 5.70. The summed E-state index contributed by atoms with van der Waals surface area (Å²) in [4.78, 5) is 3.06. The number of nitriles is 2. The highest BCUT2D eigenvalue weighted by Gasteiger charge is 2.10. The maximum Gasteiger partial charge on any atom is 0.229 e. The van der Waals surface area contributed by atoms with Gasteiger partial charge in [0.25, 0.3) is 0 Å². The van der Waals surface area contributed by atoms with E-state index in [0.717, 1.165) is 11.9 Å². The molecule has 2 rings (SSSR count). The summed E-state index contributed by atoms with van der Waals surface area (Å²) >= 11 is 0. The number of hydrogen-bond acceptors (Lipinski definition) is 4. The molecule has 0 aliphatic carbocycles. The topological polar surface area (TPSA) is 110 Å². The van der Waals surface area contributed by atoms with Crippen molar-refractivity contribution in [3.05, 3.63) is 41.6 Å². The second-order valence-corrected chi connectivity index (χ2v) is 6.23. The molecule has 0 atom stereocenters. The van der Waals surface area contributed by atoms with Crippen LogP contribution in [0.2, 0.25) is 0 Å². The number of benzene rings is 1. The van der Waals surface area contributed by atoms with E-state index in [4.69, 9.17) is 5.26 Å². The van der Waals surface area contributed by atoms with Crippen molar-refractivity contribution in [2.24, 2.45) is 0 Å². The third-order valence-electron chi connectivity index (χ3n) is 2.75. The minimum atomic E-state index is -3.39. The van der Waals surface area contributed by atoms with Crippen molar-refractivity contribution in [2.45, 2.75) is 6.42 Å². The molecule has 0 spiro atoms. The molecule has 2 N–H and O–H groups in total. The molecule has 21 heavy (non-hydrogen) atoms. The van der Waals surface area contributed by atoms with E-state index in [-0.39, 0.29) is 6.42 Å². The average molecular weight is 300 g/mol. The van der Waals surface area contributed by atoms with Gasteiger partial charge in [0.2, 0.25) is 10.0 Å². The molecule has 0 saturated heterocycles. The lowest BCUT2D eigenvalue weighted by molar-refractivity contribution is 0.607. The van der Waals surface area contributed by atoms with E-state index in [2.05, 4.69) is 9.71 Å². The number of sulfonamides is 1. The molecule has 0 saturated carbocycles. The van der Waals surface area contributed by atoms with E-state index in [1.807, 2.05) is 12.1 Å². The minimum Gasteiger partial charge on any atom is -0.358 e. The zero-order chi connectivity index (χ0) is 15.5. The van der Waals surface area contributed by atoms with Crippen LogP contribution in [0.3, 0.4) is 0 Å². The Bertz CT molecular complexity index is 854. The highest BCUT2D eigenvalue weighted by Crippen LogP contribution is 2.26. The van der Waals surface area contributed by atoms with Crippen LogP contribution in [0.1, 0.15) is 11.3 Å². The van der Waals surface area contributed by atoms with Crippen LogP contribution in [-0.4, -0.2) is 19.7 Å². The molecule has 0 unspecified atom stereocenters. The van der Waals surface area contributed by atoms with Gasteiger partial charge >= 0.3 is 0 Å². The lowest BCUT2D eigenvalue weighted by atomic mass is 10.1. The van der Waals surface area contributed by atoms with Gasteiger partial charge in [-0.15, -0.1) is 0 Å². The third kappa shape index (κ3) is 3.62. The SMILES string of the molecule is CS(=O)(=O)Nc1ccc(-c2ccc(CC#N)[nH]2)c(C#N)c1. The smallest absolute Gasteiger partial charge is 0.229 e. The number of hydrogen-bond donors (Lipinski definition) is 2.